The summed E-state index contributed by atoms with van der Waals surface area (Å²) in [5.41, 5.74) is 3.21. The lowest BCUT2D eigenvalue weighted by Crippen LogP contribution is -2.38. The van der Waals surface area contributed by atoms with E-state index in [-0.39, 0.29) is 12.6 Å². The molecule has 156 valence electrons. The molecule has 0 aliphatic carbocycles. The summed E-state index contributed by atoms with van der Waals surface area (Å²) in [6, 6.07) is 16.8. The zero-order valence-electron chi connectivity index (χ0n) is 17.5. The average molecular weight is 425 g/mol. The highest BCUT2D eigenvalue weighted by Gasteiger charge is 2.26. The van der Waals surface area contributed by atoms with E-state index in [1.54, 1.807) is 18.5 Å². The number of rotatable bonds is 7. The zero-order chi connectivity index (χ0) is 21.8. The predicted octanol–water partition coefficient (Wildman–Crippen LogP) is 3.74. The molecule has 1 heterocycles. The van der Waals surface area contributed by atoms with Crippen LogP contribution >= 0.6 is 11.6 Å². The van der Waals surface area contributed by atoms with Crippen molar-refractivity contribution in [3.63, 3.8) is 0 Å². The predicted molar refractivity (Wildman–Crippen MR) is 118 cm³/mol. The number of carbonyl (C=O) groups excluding carboxylic acids is 2. The van der Waals surface area contributed by atoms with Crippen LogP contribution in [-0.2, 0) is 4.79 Å². The van der Waals surface area contributed by atoms with Crippen LogP contribution in [0.2, 0.25) is 5.02 Å². The molecule has 1 aromatic heterocycles. The van der Waals surface area contributed by atoms with Gasteiger partial charge in [0.1, 0.15) is 0 Å². The lowest BCUT2D eigenvalue weighted by Gasteiger charge is -2.25. The summed E-state index contributed by atoms with van der Waals surface area (Å²) >= 11 is 6.32. The van der Waals surface area contributed by atoms with Crippen molar-refractivity contribution in [2.75, 3.05) is 20.6 Å². The van der Waals surface area contributed by atoms with Gasteiger partial charge >= 0.3 is 0 Å². The first-order valence-electron chi connectivity index (χ1n) is 9.66. The number of ketones is 1. The van der Waals surface area contributed by atoms with E-state index in [2.05, 4.69) is 10.4 Å². The van der Waals surface area contributed by atoms with Crippen molar-refractivity contribution < 1.29 is 9.59 Å². The largest absolute Gasteiger partial charge is 0.347 e. The van der Waals surface area contributed by atoms with Gasteiger partial charge in [-0.15, -0.1) is 0 Å². The fourth-order valence-corrected chi connectivity index (χ4v) is 3.75. The summed E-state index contributed by atoms with van der Waals surface area (Å²) in [7, 11) is 3.81. The average Bonchev–Trinajstić information content (AvgIpc) is 3.03. The topological polar surface area (TPSA) is 67.2 Å². The minimum Gasteiger partial charge on any atom is -0.347 e. The molecule has 0 saturated carbocycles. The van der Waals surface area contributed by atoms with Crippen LogP contribution in [0.5, 0.6) is 0 Å². The number of hydrogen-bond acceptors (Lipinski definition) is 4. The second kappa shape index (κ2) is 9.24. The quantitative estimate of drug-likeness (QED) is 0.463. The fourth-order valence-electron chi connectivity index (χ4n) is 3.49. The number of likely N-dealkylation sites (N-methyl/N-ethyl adjacent to an activating group) is 1. The summed E-state index contributed by atoms with van der Waals surface area (Å²) in [6.07, 6.45) is 0. The highest BCUT2D eigenvalue weighted by atomic mass is 35.5. The van der Waals surface area contributed by atoms with Crippen LogP contribution in [0.25, 0.3) is 5.69 Å². The molecule has 1 N–H and O–H groups in total. The first-order valence-corrected chi connectivity index (χ1v) is 10.0. The van der Waals surface area contributed by atoms with Gasteiger partial charge in [-0.25, -0.2) is 4.68 Å². The maximum Gasteiger partial charge on any atom is 0.292 e. The van der Waals surface area contributed by atoms with Gasteiger partial charge in [0.05, 0.1) is 28.7 Å². The molecule has 7 heteroatoms. The molecule has 1 atom stereocenters. The Kier molecular flexibility index (Phi) is 6.70. The minimum atomic E-state index is -0.660. The van der Waals surface area contributed by atoms with Crippen LogP contribution in [-0.4, -0.2) is 47.0 Å². The van der Waals surface area contributed by atoms with Crippen molar-refractivity contribution >= 4 is 23.3 Å². The number of benzene rings is 2. The van der Waals surface area contributed by atoms with Crippen LogP contribution in [0.3, 0.4) is 0 Å². The van der Waals surface area contributed by atoms with Crippen LogP contribution in [0.4, 0.5) is 0 Å². The third-order valence-electron chi connectivity index (χ3n) is 5.07. The Bertz CT molecular complexity index is 1060. The molecule has 0 aliphatic heterocycles. The van der Waals surface area contributed by atoms with E-state index in [0.29, 0.717) is 22.0 Å². The minimum absolute atomic E-state index is 0.162. The van der Waals surface area contributed by atoms with Gasteiger partial charge in [0.2, 0.25) is 0 Å². The Morgan fingerprint density at radius 2 is 1.70 bits per heavy atom. The third kappa shape index (κ3) is 4.45. The zero-order valence-corrected chi connectivity index (χ0v) is 18.3. The van der Waals surface area contributed by atoms with Gasteiger partial charge in [-0.05, 0) is 51.7 Å². The van der Waals surface area contributed by atoms with E-state index in [0.717, 1.165) is 11.3 Å². The first kappa shape index (κ1) is 21.7. The second-order valence-electron chi connectivity index (χ2n) is 7.33. The molecule has 0 spiro atoms. The fraction of sp³-hybridized carbons (Fsp3) is 0.261. The van der Waals surface area contributed by atoms with E-state index >= 15 is 0 Å². The standard InChI is InChI=1S/C23H25ClN4O2/c1-15-21(16(2)28(26-15)17-10-6-5-7-11-17)22(29)23(30)25-14-20(27(3)4)18-12-8-9-13-19(18)24/h5-13,20H,14H2,1-4H3,(H,25,30)/t20-/m1/s1. The number of amides is 1. The van der Waals surface area contributed by atoms with Crippen molar-refractivity contribution in [2.45, 2.75) is 19.9 Å². The number of carbonyl (C=O) groups is 2. The number of aromatic nitrogens is 2. The Hall–Kier alpha value is -2.96. The molecule has 0 fully saturated rings. The molecule has 6 nitrogen and oxygen atoms in total. The normalized spacial score (nSPS) is 12.1. The summed E-state index contributed by atoms with van der Waals surface area (Å²) in [5, 5.41) is 7.84. The van der Waals surface area contributed by atoms with Crippen molar-refractivity contribution in [1.29, 1.82) is 0 Å². The van der Waals surface area contributed by atoms with Gasteiger partial charge in [0.15, 0.2) is 0 Å². The number of nitrogens with one attached hydrogen (secondary N) is 1. The smallest absolute Gasteiger partial charge is 0.292 e. The lowest BCUT2D eigenvalue weighted by molar-refractivity contribution is -0.117. The Balaban J connectivity index is 1.79. The van der Waals surface area contributed by atoms with Crippen LogP contribution < -0.4 is 5.32 Å². The van der Waals surface area contributed by atoms with Crippen LogP contribution in [0, 0.1) is 13.8 Å². The molecule has 1 amide bonds. The summed E-state index contributed by atoms with van der Waals surface area (Å²) in [4.78, 5) is 27.6. The Labute approximate surface area is 181 Å². The van der Waals surface area contributed by atoms with Gasteiger partial charge in [0, 0.05) is 11.6 Å². The van der Waals surface area contributed by atoms with Crippen LogP contribution in [0.15, 0.2) is 54.6 Å². The van der Waals surface area contributed by atoms with Crippen molar-refractivity contribution in [2.24, 2.45) is 0 Å². The number of hydrogen-bond donors (Lipinski definition) is 1. The van der Waals surface area contributed by atoms with E-state index in [1.165, 1.54) is 0 Å². The van der Waals surface area contributed by atoms with E-state index < -0.39 is 11.7 Å². The molecule has 3 rings (SSSR count). The Morgan fingerprint density at radius 1 is 1.07 bits per heavy atom. The summed E-state index contributed by atoms with van der Waals surface area (Å²) in [6.45, 7) is 3.78. The van der Waals surface area contributed by atoms with E-state index in [4.69, 9.17) is 11.6 Å². The Morgan fingerprint density at radius 3 is 2.33 bits per heavy atom. The first-order chi connectivity index (χ1) is 14.3. The van der Waals surface area contributed by atoms with E-state index in [1.807, 2.05) is 73.6 Å². The molecule has 2 aromatic carbocycles. The number of aryl methyl sites for hydroxylation is 1. The molecule has 30 heavy (non-hydrogen) atoms. The SMILES string of the molecule is Cc1nn(-c2ccccc2)c(C)c1C(=O)C(=O)NC[C@H](c1ccccc1Cl)N(C)C. The van der Waals surface area contributed by atoms with Gasteiger partial charge in [0.25, 0.3) is 11.7 Å². The third-order valence-corrected chi connectivity index (χ3v) is 5.41. The number of Topliss-reactive ketones (excluding diaryl/α,β-unsaturated/α-hetero) is 1. The van der Waals surface area contributed by atoms with Crippen molar-refractivity contribution in [3.8, 4) is 5.69 Å². The molecule has 0 aliphatic rings. The maximum absolute atomic E-state index is 12.9. The highest BCUT2D eigenvalue weighted by Crippen LogP contribution is 2.25. The van der Waals surface area contributed by atoms with Gasteiger partial charge in [-0.1, -0.05) is 48.0 Å². The monoisotopic (exact) mass is 424 g/mol. The summed E-state index contributed by atoms with van der Waals surface area (Å²) < 4.78 is 1.68. The maximum atomic E-state index is 12.9. The number of halogens is 1. The second-order valence-corrected chi connectivity index (χ2v) is 7.74. The molecule has 3 aromatic rings. The molecule has 0 bridgehead atoms. The molecule has 0 radical (unpaired) electrons. The number of para-hydroxylation sites is 1. The lowest BCUT2D eigenvalue weighted by atomic mass is 10.0. The van der Waals surface area contributed by atoms with E-state index in [9.17, 15) is 9.59 Å². The molecule has 0 unspecified atom stereocenters. The summed E-state index contributed by atoms with van der Waals surface area (Å²) in [5.74, 6) is -1.25. The number of nitrogens with zero attached hydrogens (tertiary/aromatic N) is 3. The van der Waals surface area contributed by atoms with Gasteiger partial charge in [-0.3, -0.25) is 9.59 Å². The van der Waals surface area contributed by atoms with Crippen LogP contribution in [0.1, 0.15) is 33.4 Å². The van der Waals surface area contributed by atoms with Crippen molar-refractivity contribution in [3.05, 3.63) is 82.1 Å². The van der Waals surface area contributed by atoms with Crippen molar-refractivity contribution in [1.82, 2.24) is 20.0 Å². The molecular formula is C23H25ClN4O2. The van der Waals surface area contributed by atoms with Gasteiger partial charge in [-0.2, -0.15) is 5.10 Å². The van der Waals surface area contributed by atoms with Gasteiger partial charge < -0.3 is 10.2 Å². The highest BCUT2D eigenvalue weighted by molar-refractivity contribution is 6.43. The molecular weight excluding hydrogens is 400 g/mol. The molecule has 0 saturated heterocycles.